The van der Waals surface area contributed by atoms with Gasteiger partial charge in [-0.25, -0.2) is 9.18 Å². The van der Waals surface area contributed by atoms with Crippen molar-refractivity contribution in [1.82, 2.24) is 0 Å². The van der Waals surface area contributed by atoms with Gasteiger partial charge in [0.15, 0.2) is 0 Å². The summed E-state index contributed by atoms with van der Waals surface area (Å²) in [4.78, 5) is 9.45. The van der Waals surface area contributed by atoms with Gasteiger partial charge in [-0.3, -0.25) is 5.73 Å². The lowest BCUT2D eigenvalue weighted by molar-refractivity contribution is -0.234. The molecule has 1 unspecified atom stereocenters. The van der Waals surface area contributed by atoms with Gasteiger partial charge >= 0.3 is 17.9 Å². The molecule has 0 fully saturated rings. The van der Waals surface area contributed by atoms with Gasteiger partial charge in [0.25, 0.3) is 0 Å². The summed E-state index contributed by atoms with van der Waals surface area (Å²) in [5, 5.41) is 7.56. The molecule has 60 valence electrons. The number of hydrogen-bond donors (Lipinski definition) is 2. The Hall–Kier alpha value is -0.850. The Morgan fingerprint density at radius 1 is 1.30 bits per heavy atom. The second-order valence-corrected chi connectivity index (χ2v) is 1.51. The SMILES string of the molecule is NC(F)(C(=O)O)C(F)(F)F. The standard InChI is InChI=1S/C3H3F4NO2/c4-2(8,1(9)10)3(5,6)7/h8H2,(H,9,10). The Morgan fingerprint density at radius 3 is 1.60 bits per heavy atom. The molecule has 0 spiro atoms. The van der Waals surface area contributed by atoms with E-state index in [4.69, 9.17) is 5.11 Å². The van der Waals surface area contributed by atoms with Crippen LogP contribution >= 0.6 is 0 Å². The van der Waals surface area contributed by atoms with Gasteiger partial charge in [0.2, 0.25) is 0 Å². The Balaban J connectivity index is 4.57. The summed E-state index contributed by atoms with van der Waals surface area (Å²) >= 11 is 0. The first-order valence-corrected chi connectivity index (χ1v) is 1.97. The fourth-order valence-electron chi connectivity index (χ4n) is 0.121. The van der Waals surface area contributed by atoms with Crippen LogP contribution in [0.3, 0.4) is 0 Å². The number of aliphatic carboxylic acids is 1. The van der Waals surface area contributed by atoms with Crippen molar-refractivity contribution in [2.75, 3.05) is 0 Å². The lowest BCUT2D eigenvalue weighted by atomic mass is 10.3. The maximum atomic E-state index is 11.8. The van der Waals surface area contributed by atoms with Gasteiger partial charge in [0.1, 0.15) is 0 Å². The van der Waals surface area contributed by atoms with Crippen molar-refractivity contribution in [3.8, 4) is 0 Å². The van der Waals surface area contributed by atoms with E-state index < -0.39 is 17.9 Å². The van der Waals surface area contributed by atoms with Crippen molar-refractivity contribution < 1.29 is 27.5 Å². The monoisotopic (exact) mass is 161 g/mol. The van der Waals surface area contributed by atoms with Crippen LogP contribution in [-0.2, 0) is 4.79 Å². The molecule has 0 saturated carbocycles. The number of halogens is 4. The van der Waals surface area contributed by atoms with E-state index in [1.807, 2.05) is 0 Å². The summed E-state index contributed by atoms with van der Waals surface area (Å²) < 4.78 is 45.4. The third-order valence-electron chi connectivity index (χ3n) is 0.724. The van der Waals surface area contributed by atoms with Crippen molar-refractivity contribution in [3.05, 3.63) is 0 Å². The Bertz CT molecular complexity index is 151. The quantitative estimate of drug-likeness (QED) is 0.428. The molecule has 0 rings (SSSR count). The summed E-state index contributed by atoms with van der Waals surface area (Å²) in [5.74, 6) is -7.40. The Kier molecular flexibility index (Phi) is 1.90. The molecule has 0 aliphatic carbocycles. The van der Waals surface area contributed by atoms with Gasteiger partial charge in [-0.05, 0) is 0 Å². The van der Waals surface area contributed by atoms with E-state index >= 15 is 0 Å². The van der Waals surface area contributed by atoms with E-state index in [9.17, 15) is 22.4 Å². The van der Waals surface area contributed by atoms with Gasteiger partial charge in [-0.1, -0.05) is 0 Å². The van der Waals surface area contributed by atoms with E-state index in [0.717, 1.165) is 0 Å². The maximum absolute atomic E-state index is 11.8. The molecule has 0 amide bonds. The van der Waals surface area contributed by atoms with Gasteiger partial charge in [0, 0.05) is 0 Å². The van der Waals surface area contributed by atoms with Gasteiger partial charge < -0.3 is 5.11 Å². The van der Waals surface area contributed by atoms with E-state index in [0.29, 0.717) is 0 Å². The average molecular weight is 161 g/mol. The zero-order valence-electron chi connectivity index (χ0n) is 4.44. The number of rotatable bonds is 1. The van der Waals surface area contributed by atoms with Crippen LogP contribution in [0.2, 0.25) is 0 Å². The van der Waals surface area contributed by atoms with Crippen LogP contribution in [0.4, 0.5) is 17.6 Å². The molecule has 7 heteroatoms. The van der Waals surface area contributed by atoms with Crippen LogP contribution in [0, 0.1) is 0 Å². The number of nitrogens with two attached hydrogens (primary N) is 1. The Labute approximate surface area is 52.4 Å². The van der Waals surface area contributed by atoms with Crippen molar-refractivity contribution in [2.45, 2.75) is 12.0 Å². The highest BCUT2D eigenvalue weighted by molar-refractivity contribution is 5.77. The first kappa shape index (κ1) is 9.15. The van der Waals surface area contributed by atoms with Crippen molar-refractivity contribution >= 4 is 5.97 Å². The predicted molar refractivity (Wildman–Crippen MR) is 21.7 cm³/mol. The molecule has 0 aromatic carbocycles. The van der Waals surface area contributed by atoms with Crippen LogP contribution in [0.1, 0.15) is 0 Å². The first-order valence-electron chi connectivity index (χ1n) is 1.97. The number of carboxylic acid groups (broad SMARTS) is 1. The van der Waals surface area contributed by atoms with Crippen molar-refractivity contribution in [2.24, 2.45) is 5.73 Å². The second kappa shape index (κ2) is 2.08. The van der Waals surface area contributed by atoms with Crippen LogP contribution in [-0.4, -0.2) is 23.0 Å². The van der Waals surface area contributed by atoms with Crippen molar-refractivity contribution in [3.63, 3.8) is 0 Å². The minimum Gasteiger partial charge on any atom is -0.478 e. The largest absolute Gasteiger partial charge is 0.478 e. The van der Waals surface area contributed by atoms with Gasteiger partial charge in [-0.15, -0.1) is 0 Å². The van der Waals surface area contributed by atoms with Crippen LogP contribution < -0.4 is 5.73 Å². The van der Waals surface area contributed by atoms with Gasteiger partial charge in [-0.2, -0.15) is 13.2 Å². The molecular weight excluding hydrogens is 158 g/mol. The third kappa shape index (κ3) is 1.35. The minimum absolute atomic E-state index is 2.75. The average Bonchev–Trinajstić information content (AvgIpc) is 1.62. The minimum atomic E-state index is -5.57. The molecule has 10 heavy (non-hydrogen) atoms. The molecule has 1 atom stereocenters. The smallest absolute Gasteiger partial charge is 0.447 e. The Morgan fingerprint density at radius 2 is 1.60 bits per heavy atom. The zero-order chi connectivity index (χ0) is 8.58. The van der Waals surface area contributed by atoms with Crippen LogP contribution in [0.25, 0.3) is 0 Å². The van der Waals surface area contributed by atoms with Gasteiger partial charge in [0.05, 0.1) is 0 Å². The second-order valence-electron chi connectivity index (χ2n) is 1.51. The summed E-state index contributed by atoms with van der Waals surface area (Å²) in [6.07, 6.45) is -5.57. The lowest BCUT2D eigenvalue weighted by Gasteiger charge is -2.17. The molecule has 0 aromatic heterocycles. The molecule has 3 nitrogen and oxygen atoms in total. The maximum Gasteiger partial charge on any atom is 0.447 e. The molecule has 0 aliphatic rings. The van der Waals surface area contributed by atoms with E-state index in [2.05, 4.69) is 5.73 Å². The number of hydrogen-bond acceptors (Lipinski definition) is 2. The highest BCUT2D eigenvalue weighted by Gasteiger charge is 2.59. The highest BCUT2D eigenvalue weighted by atomic mass is 19.4. The number of carboxylic acids is 1. The molecule has 3 N–H and O–H groups in total. The topological polar surface area (TPSA) is 63.3 Å². The fraction of sp³-hybridized carbons (Fsp3) is 0.667. The zero-order valence-corrected chi connectivity index (χ0v) is 4.44. The number of alkyl halides is 4. The summed E-state index contributed by atoms with van der Waals surface area (Å²) in [6, 6.07) is 0. The fourth-order valence-corrected chi connectivity index (χ4v) is 0.121. The molecule has 0 radical (unpaired) electrons. The first-order chi connectivity index (χ1) is 4.19. The summed E-state index contributed by atoms with van der Waals surface area (Å²) in [6.45, 7) is 0. The molecule has 0 heterocycles. The lowest BCUT2D eigenvalue weighted by Crippen LogP contribution is -2.55. The van der Waals surface area contributed by atoms with E-state index in [1.54, 1.807) is 0 Å². The predicted octanol–water partition coefficient (Wildman–Crippen LogP) is 0.258. The van der Waals surface area contributed by atoms with Crippen LogP contribution in [0.5, 0.6) is 0 Å². The molecule has 0 aromatic rings. The molecule has 0 saturated heterocycles. The van der Waals surface area contributed by atoms with Crippen molar-refractivity contribution in [1.29, 1.82) is 0 Å². The summed E-state index contributed by atoms with van der Waals surface area (Å²) in [5.41, 5.74) is 3.75. The molecular formula is C3H3F4NO2. The molecule has 0 aliphatic heterocycles. The van der Waals surface area contributed by atoms with Crippen LogP contribution in [0.15, 0.2) is 0 Å². The highest BCUT2D eigenvalue weighted by Crippen LogP contribution is 2.29. The van der Waals surface area contributed by atoms with E-state index in [-0.39, 0.29) is 0 Å². The molecule has 0 bridgehead atoms. The third-order valence-corrected chi connectivity index (χ3v) is 0.724. The van der Waals surface area contributed by atoms with E-state index in [1.165, 1.54) is 0 Å². The number of carbonyl (C=O) groups is 1. The summed E-state index contributed by atoms with van der Waals surface area (Å²) in [7, 11) is 0. The normalized spacial score (nSPS) is 18.1.